The molecular formula is C19H22Cl2N2O4. The molecule has 0 bridgehead atoms. The van der Waals surface area contributed by atoms with E-state index >= 15 is 0 Å². The molecule has 0 spiro atoms. The summed E-state index contributed by atoms with van der Waals surface area (Å²) < 4.78 is 16.5. The largest absolute Gasteiger partial charge is 0.496 e. The Labute approximate surface area is 169 Å². The number of hydrogen-bond donors (Lipinski definition) is 2. The lowest BCUT2D eigenvalue weighted by Crippen LogP contribution is -2.16. The summed E-state index contributed by atoms with van der Waals surface area (Å²) in [5.41, 5.74) is 7.01. The molecular weight excluding hydrogens is 391 g/mol. The Kier molecular flexibility index (Phi) is 7.59. The fourth-order valence-corrected chi connectivity index (χ4v) is 2.91. The van der Waals surface area contributed by atoms with Crippen molar-refractivity contribution in [3.8, 4) is 11.5 Å². The number of carbonyl (C=O) groups is 1. The van der Waals surface area contributed by atoms with Crippen molar-refractivity contribution in [3.63, 3.8) is 0 Å². The molecule has 1 unspecified atom stereocenters. The summed E-state index contributed by atoms with van der Waals surface area (Å²) in [6.07, 6.45) is 2.21. The summed E-state index contributed by atoms with van der Waals surface area (Å²) in [7, 11) is 1.47. The van der Waals surface area contributed by atoms with Gasteiger partial charge in [0.2, 0.25) is 0 Å². The van der Waals surface area contributed by atoms with Crippen LogP contribution in [0.15, 0.2) is 36.4 Å². The molecule has 1 atom stereocenters. The van der Waals surface area contributed by atoms with Crippen LogP contribution < -0.4 is 20.5 Å². The predicted molar refractivity (Wildman–Crippen MR) is 109 cm³/mol. The van der Waals surface area contributed by atoms with Gasteiger partial charge in [0.1, 0.15) is 18.1 Å². The molecule has 2 aromatic rings. The zero-order chi connectivity index (χ0) is 18.5. The average Bonchev–Trinajstić information content (AvgIpc) is 3.15. The van der Waals surface area contributed by atoms with E-state index in [-0.39, 0.29) is 24.4 Å². The van der Waals surface area contributed by atoms with Gasteiger partial charge in [-0.15, -0.1) is 12.4 Å². The van der Waals surface area contributed by atoms with Crippen molar-refractivity contribution in [2.75, 3.05) is 31.4 Å². The highest BCUT2D eigenvalue weighted by Crippen LogP contribution is 2.29. The van der Waals surface area contributed by atoms with E-state index in [0.29, 0.717) is 40.1 Å². The normalized spacial score (nSPS) is 15.7. The van der Waals surface area contributed by atoms with E-state index in [4.69, 9.17) is 31.5 Å². The Balaban J connectivity index is 0.00000261. The monoisotopic (exact) mass is 412 g/mol. The highest BCUT2D eigenvalue weighted by Gasteiger charge is 2.17. The quantitative estimate of drug-likeness (QED) is 0.695. The molecule has 0 radical (unpaired) electrons. The van der Waals surface area contributed by atoms with Crippen molar-refractivity contribution in [2.24, 2.45) is 0 Å². The number of hydrogen-bond acceptors (Lipinski definition) is 5. The zero-order valence-corrected chi connectivity index (χ0v) is 16.4. The molecule has 1 saturated heterocycles. The van der Waals surface area contributed by atoms with Gasteiger partial charge >= 0.3 is 0 Å². The van der Waals surface area contributed by atoms with Crippen molar-refractivity contribution in [3.05, 3.63) is 47.0 Å². The number of amides is 1. The third-order valence-electron chi connectivity index (χ3n) is 4.12. The predicted octanol–water partition coefficient (Wildman–Crippen LogP) is 4.16. The van der Waals surface area contributed by atoms with Crippen LogP contribution in [0, 0.1) is 0 Å². The standard InChI is InChI=1S/C19H21ClN2O4.ClH/c1-24-18-10-17(21)16(20)9-15(18)19(23)22-12-4-2-5-13(8-12)26-11-14-6-3-7-25-14;/h2,4-5,8-10,14H,3,6-7,11,21H2,1H3,(H,22,23);1H. The van der Waals surface area contributed by atoms with Gasteiger partial charge in [0.05, 0.1) is 29.5 Å². The Morgan fingerprint density at radius 2 is 2.19 bits per heavy atom. The zero-order valence-electron chi connectivity index (χ0n) is 14.9. The number of methoxy groups -OCH3 is 1. The van der Waals surface area contributed by atoms with Crippen molar-refractivity contribution >= 4 is 41.3 Å². The Morgan fingerprint density at radius 3 is 2.89 bits per heavy atom. The molecule has 1 aliphatic rings. The van der Waals surface area contributed by atoms with E-state index in [1.807, 2.05) is 12.1 Å². The summed E-state index contributed by atoms with van der Waals surface area (Å²) in [5.74, 6) is 0.677. The van der Waals surface area contributed by atoms with Crippen LogP contribution in [0.4, 0.5) is 11.4 Å². The van der Waals surface area contributed by atoms with Crippen LogP contribution >= 0.6 is 24.0 Å². The maximum atomic E-state index is 12.6. The number of carbonyl (C=O) groups excluding carboxylic acids is 1. The molecule has 1 amide bonds. The number of ether oxygens (including phenoxy) is 3. The van der Waals surface area contributed by atoms with Crippen molar-refractivity contribution in [1.29, 1.82) is 0 Å². The molecule has 146 valence electrons. The molecule has 6 nitrogen and oxygen atoms in total. The van der Waals surface area contributed by atoms with Crippen LogP contribution in [0.25, 0.3) is 0 Å². The summed E-state index contributed by atoms with van der Waals surface area (Å²) in [4.78, 5) is 12.6. The lowest BCUT2D eigenvalue weighted by atomic mass is 10.1. The van der Waals surface area contributed by atoms with E-state index in [0.717, 1.165) is 19.4 Å². The number of benzene rings is 2. The maximum Gasteiger partial charge on any atom is 0.259 e. The first-order chi connectivity index (χ1) is 12.6. The third kappa shape index (κ3) is 5.42. The number of halogens is 2. The lowest BCUT2D eigenvalue weighted by molar-refractivity contribution is 0.0680. The molecule has 3 rings (SSSR count). The highest BCUT2D eigenvalue weighted by atomic mass is 35.5. The van der Waals surface area contributed by atoms with Crippen LogP contribution in [0.5, 0.6) is 11.5 Å². The van der Waals surface area contributed by atoms with Crippen molar-refractivity contribution < 1.29 is 19.0 Å². The van der Waals surface area contributed by atoms with Crippen LogP contribution in [0.2, 0.25) is 5.02 Å². The first-order valence-electron chi connectivity index (χ1n) is 8.35. The van der Waals surface area contributed by atoms with Crippen LogP contribution in [0.3, 0.4) is 0 Å². The summed E-state index contributed by atoms with van der Waals surface area (Å²) in [6.45, 7) is 1.29. The molecule has 2 aromatic carbocycles. The number of anilines is 2. The maximum absolute atomic E-state index is 12.6. The number of nitrogen functional groups attached to an aromatic ring is 1. The van der Waals surface area contributed by atoms with E-state index < -0.39 is 0 Å². The first kappa shape index (κ1) is 21.2. The van der Waals surface area contributed by atoms with Gasteiger partial charge in [0.15, 0.2) is 0 Å². The van der Waals surface area contributed by atoms with Gasteiger partial charge in [0, 0.05) is 24.4 Å². The van der Waals surface area contributed by atoms with E-state index in [1.165, 1.54) is 19.2 Å². The second-order valence-corrected chi connectivity index (χ2v) is 6.41. The molecule has 8 heteroatoms. The van der Waals surface area contributed by atoms with Gasteiger partial charge in [-0.2, -0.15) is 0 Å². The average molecular weight is 413 g/mol. The van der Waals surface area contributed by atoms with Gasteiger partial charge < -0.3 is 25.3 Å². The number of nitrogens with two attached hydrogens (primary N) is 1. The molecule has 0 aromatic heterocycles. The lowest BCUT2D eigenvalue weighted by Gasteiger charge is -2.13. The summed E-state index contributed by atoms with van der Waals surface area (Å²) in [5, 5.41) is 3.11. The van der Waals surface area contributed by atoms with Gasteiger partial charge in [-0.3, -0.25) is 4.79 Å². The highest BCUT2D eigenvalue weighted by molar-refractivity contribution is 6.33. The Hall–Kier alpha value is -2.15. The first-order valence-corrected chi connectivity index (χ1v) is 8.73. The van der Waals surface area contributed by atoms with E-state index in [1.54, 1.807) is 12.1 Å². The second-order valence-electron chi connectivity index (χ2n) is 6.00. The minimum absolute atomic E-state index is 0. The SMILES string of the molecule is COc1cc(N)c(Cl)cc1C(=O)Nc1cccc(OCC2CCCO2)c1.Cl. The van der Waals surface area contributed by atoms with Crippen LogP contribution in [-0.4, -0.2) is 32.3 Å². The third-order valence-corrected chi connectivity index (χ3v) is 4.44. The van der Waals surface area contributed by atoms with Gasteiger partial charge in [0.25, 0.3) is 5.91 Å². The van der Waals surface area contributed by atoms with Crippen LogP contribution in [-0.2, 0) is 4.74 Å². The van der Waals surface area contributed by atoms with Gasteiger partial charge in [-0.05, 0) is 31.0 Å². The molecule has 0 saturated carbocycles. The molecule has 3 N–H and O–H groups in total. The molecule has 27 heavy (non-hydrogen) atoms. The fourth-order valence-electron chi connectivity index (χ4n) is 2.74. The molecule has 1 aliphatic heterocycles. The minimum atomic E-state index is -0.347. The number of nitrogens with one attached hydrogen (secondary N) is 1. The summed E-state index contributed by atoms with van der Waals surface area (Å²) >= 11 is 6.03. The number of rotatable bonds is 6. The van der Waals surface area contributed by atoms with Gasteiger partial charge in [-0.25, -0.2) is 0 Å². The van der Waals surface area contributed by atoms with E-state index in [2.05, 4.69) is 5.32 Å². The van der Waals surface area contributed by atoms with Crippen LogP contribution in [0.1, 0.15) is 23.2 Å². The molecule has 1 heterocycles. The smallest absolute Gasteiger partial charge is 0.259 e. The van der Waals surface area contributed by atoms with E-state index in [9.17, 15) is 4.79 Å². The Bertz CT molecular complexity index is 795. The molecule has 1 fully saturated rings. The summed E-state index contributed by atoms with van der Waals surface area (Å²) in [6, 6.07) is 10.2. The fraction of sp³-hybridized carbons (Fsp3) is 0.316. The van der Waals surface area contributed by atoms with Crippen molar-refractivity contribution in [1.82, 2.24) is 0 Å². The molecule has 0 aliphatic carbocycles. The van der Waals surface area contributed by atoms with Crippen molar-refractivity contribution in [2.45, 2.75) is 18.9 Å². The van der Waals surface area contributed by atoms with Gasteiger partial charge in [-0.1, -0.05) is 17.7 Å². The minimum Gasteiger partial charge on any atom is -0.496 e. The Morgan fingerprint density at radius 1 is 1.37 bits per heavy atom. The topological polar surface area (TPSA) is 82.8 Å². The second kappa shape index (κ2) is 9.69.